The second-order valence-corrected chi connectivity index (χ2v) is 5.52. The van der Waals surface area contributed by atoms with Crippen LogP contribution in [0.15, 0.2) is 0 Å². The maximum absolute atomic E-state index is 12.0. The molecule has 0 spiro atoms. The molecule has 0 aromatic rings. The van der Waals surface area contributed by atoms with E-state index >= 15 is 0 Å². The van der Waals surface area contributed by atoms with Crippen molar-refractivity contribution in [2.45, 2.75) is 64.6 Å². The van der Waals surface area contributed by atoms with Crippen LogP contribution in [-0.2, 0) is 4.74 Å². The Balaban J connectivity index is 2.60. The van der Waals surface area contributed by atoms with Crippen molar-refractivity contribution >= 4 is 6.09 Å². The summed E-state index contributed by atoms with van der Waals surface area (Å²) in [5.74, 6) is 0. The van der Waals surface area contributed by atoms with E-state index in [1.807, 2.05) is 25.7 Å². The quantitative estimate of drug-likeness (QED) is 0.748. The van der Waals surface area contributed by atoms with Crippen LogP contribution in [0.4, 0.5) is 4.79 Å². The molecule has 16 heavy (non-hydrogen) atoms. The van der Waals surface area contributed by atoms with Crippen molar-refractivity contribution in [2.24, 2.45) is 5.73 Å². The SMILES string of the molecule is CC[C@H]1C[C@H](N)CCN1C(=O)OC(C)(C)C. The number of nitrogens with zero attached hydrogens (tertiary/aromatic N) is 1. The Hall–Kier alpha value is -0.770. The van der Waals surface area contributed by atoms with Gasteiger partial charge in [-0.15, -0.1) is 0 Å². The second kappa shape index (κ2) is 5.04. The Labute approximate surface area is 98.1 Å². The third-order valence-corrected chi connectivity index (χ3v) is 2.86. The van der Waals surface area contributed by atoms with Crippen LogP contribution in [-0.4, -0.2) is 35.2 Å². The Kier molecular flexibility index (Phi) is 4.19. The highest BCUT2D eigenvalue weighted by atomic mass is 16.6. The molecular weight excluding hydrogens is 204 g/mol. The average molecular weight is 228 g/mol. The minimum absolute atomic E-state index is 0.203. The summed E-state index contributed by atoms with van der Waals surface area (Å²) in [7, 11) is 0. The van der Waals surface area contributed by atoms with E-state index in [1.165, 1.54) is 0 Å². The van der Waals surface area contributed by atoms with Gasteiger partial charge in [0.15, 0.2) is 0 Å². The minimum atomic E-state index is -0.422. The van der Waals surface area contributed by atoms with Gasteiger partial charge in [0, 0.05) is 18.6 Å². The molecule has 1 heterocycles. The van der Waals surface area contributed by atoms with Crippen molar-refractivity contribution in [1.29, 1.82) is 0 Å². The molecule has 0 unspecified atom stereocenters. The summed E-state index contributed by atoms with van der Waals surface area (Å²) in [6.45, 7) is 8.47. The summed E-state index contributed by atoms with van der Waals surface area (Å²) in [6.07, 6.45) is 2.49. The first kappa shape index (κ1) is 13.3. The Morgan fingerprint density at radius 2 is 2.12 bits per heavy atom. The summed E-state index contributed by atoms with van der Waals surface area (Å²) >= 11 is 0. The van der Waals surface area contributed by atoms with Gasteiger partial charge in [0.2, 0.25) is 0 Å². The first-order chi connectivity index (χ1) is 7.33. The largest absolute Gasteiger partial charge is 0.444 e. The fourth-order valence-corrected chi connectivity index (χ4v) is 2.03. The molecule has 1 aliphatic heterocycles. The zero-order chi connectivity index (χ0) is 12.3. The third kappa shape index (κ3) is 3.67. The van der Waals surface area contributed by atoms with E-state index in [2.05, 4.69) is 6.92 Å². The smallest absolute Gasteiger partial charge is 0.410 e. The van der Waals surface area contributed by atoms with E-state index in [-0.39, 0.29) is 18.2 Å². The third-order valence-electron chi connectivity index (χ3n) is 2.86. The van der Waals surface area contributed by atoms with Crippen molar-refractivity contribution in [3.8, 4) is 0 Å². The summed E-state index contributed by atoms with van der Waals surface area (Å²) in [5, 5.41) is 0. The number of hydrogen-bond donors (Lipinski definition) is 1. The molecule has 4 nitrogen and oxygen atoms in total. The monoisotopic (exact) mass is 228 g/mol. The van der Waals surface area contributed by atoms with Crippen LogP contribution in [0.1, 0.15) is 47.0 Å². The van der Waals surface area contributed by atoms with E-state index < -0.39 is 5.60 Å². The van der Waals surface area contributed by atoms with Crippen LogP contribution in [0, 0.1) is 0 Å². The van der Waals surface area contributed by atoms with Crippen LogP contribution >= 0.6 is 0 Å². The predicted molar refractivity (Wildman–Crippen MR) is 64.2 cm³/mol. The molecule has 0 radical (unpaired) electrons. The summed E-state index contributed by atoms with van der Waals surface area (Å²) in [4.78, 5) is 13.8. The highest BCUT2D eigenvalue weighted by molar-refractivity contribution is 5.68. The molecule has 0 aromatic carbocycles. The highest BCUT2D eigenvalue weighted by Gasteiger charge is 2.31. The normalized spacial score (nSPS) is 26.7. The van der Waals surface area contributed by atoms with Gasteiger partial charge >= 0.3 is 6.09 Å². The number of nitrogens with two attached hydrogens (primary N) is 1. The Morgan fingerprint density at radius 3 is 2.62 bits per heavy atom. The van der Waals surface area contributed by atoms with E-state index in [9.17, 15) is 4.79 Å². The van der Waals surface area contributed by atoms with Crippen LogP contribution < -0.4 is 5.73 Å². The number of piperidine rings is 1. The number of carbonyl (C=O) groups excluding carboxylic acids is 1. The number of rotatable bonds is 1. The van der Waals surface area contributed by atoms with Crippen LogP contribution in [0.25, 0.3) is 0 Å². The van der Waals surface area contributed by atoms with Crippen molar-refractivity contribution < 1.29 is 9.53 Å². The van der Waals surface area contributed by atoms with E-state index in [0.29, 0.717) is 6.54 Å². The van der Waals surface area contributed by atoms with Gasteiger partial charge < -0.3 is 15.4 Å². The molecule has 94 valence electrons. The maximum atomic E-state index is 12.0. The van der Waals surface area contributed by atoms with Crippen molar-refractivity contribution in [1.82, 2.24) is 4.90 Å². The van der Waals surface area contributed by atoms with E-state index in [4.69, 9.17) is 10.5 Å². The standard InChI is InChI=1S/C12H24N2O2/c1-5-10-8-9(13)6-7-14(10)11(15)16-12(2,3)4/h9-10H,5-8,13H2,1-4H3/t9-,10+/m1/s1. The van der Waals surface area contributed by atoms with Gasteiger partial charge in [-0.25, -0.2) is 4.79 Å². The zero-order valence-electron chi connectivity index (χ0n) is 10.8. The molecule has 1 rings (SSSR count). The lowest BCUT2D eigenvalue weighted by atomic mass is 9.96. The lowest BCUT2D eigenvalue weighted by Gasteiger charge is -2.38. The topological polar surface area (TPSA) is 55.6 Å². The highest BCUT2D eigenvalue weighted by Crippen LogP contribution is 2.21. The van der Waals surface area contributed by atoms with E-state index in [1.54, 1.807) is 0 Å². The molecular formula is C12H24N2O2. The molecule has 0 bridgehead atoms. The molecule has 0 aliphatic carbocycles. The van der Waals surface area contributed by atoms with Crippen LogP contribution in [0.5, 0.6) is 0 Å². The number of likely N-dealkylation sites (tertiary alicyclic amines) is 1. The van der Waals surface area contributed by atoms with Gasteiger partial charge in [-0.3, -0.25) is 0 Å². The molecule has 1 saturated heterocycles. The van der Waals surface area contributed by atoms with Gasteiger partial charge in [0.05, 0.1) is 0 Å². The maximum Gasteiger partial charge on any atom is 0.410 e. The summed E-state index contributed by atoms with van der Waals surface area (Å²) in [6, 6.07) is 0.460. The second-order valence-electron chi connectivity index (χ2n) is 5.52. The molecule has 1 fully saturated rings. The number of amides is 1. The predicted octanol–water partition coefficient (Wildman–Crippen LogP) is 2.12. The van der Waals surface area contributed by atoms with Crippen LogP contribution in [0.2, 0.25) is 0 Å². The Morgan fingerprint density at radius 1 is 1.50 bits per heavy atom. The van der Waals surface area contributed by atoms with Gasteiger partial charge in [-0.1, -0.05) is 6.92 Å². The zero-order valence-corrected chi connectivity index (χ0v) is 10.8. The molecule has 1 aliphatic rings. The fourth-order valence-electron chi connectivity index (χ4n) is 2.03. The summed E-state index contributed by atoms with van der Waals surface area (Å²) < 4.78 is 5.39. The molecule has 0 aromatic heterocycles. The molecule has 2 atom stereocenters. The lowest BCUT2D eigenvalue weighted by Crippen LogP contribution is -2.50. The van der Waals surface area contributed by atoms with Gasteiger partial charge in [0.25, 0.3) is 0 Å². The number of ether oxygens (including phenoxy) is 1. The van der Waals surface area contributed by atoms with Crippen molar-refractivity contribution in [3.05, 3.63) is 0 Å². The first-order valence-corrected chi connectivity index (χ1v) is 6.08. The minimum Gasteiger partial charge on any atom is -0.444 e. The number of carbonyl (C=O) groups is 1. The first-order valence-electron chi connectivity index (χ1n) is 6.08. The van der Waals surface area contributed by atoms with Crippen molar-refractivity contribution in [3.63, 3.8) is 0 Å². The fraction of sp³-hybridized carbons (Fsp3) is 0.917. The molecule has 4 heteroatoms. The number of hydrogen-bond acceptors (Lipinski definition) is 3. The van der Waals surface area contributed by atoms with Gasteiger partial charge in [-0.05, 0) is 40.0 Å². The van der Waals surface area contributed by atoms with Gasteiger partial charge in [-0.2, -0.15) is 0 Å². The average Bonchev–Trinajstić information content (AvgIpc) is 2.14. The molecule has 1 amide bonds. The van der Waals surface area contributed by atoms with Gasteiger partial charge in [0.1, 0.15) is 5.60 Å². The Bertz CT molecular complexity index is 248. The van der Waals surface area contributed by atoms with Crippen molar-refractivity contribution in [2.75, 3.05) is 6.54 Å². The molecule has 2 N–H and O–H groups in total. The molecule has 0 saturated carbocycles. The lowest BCUT2D eigenvalue weighted by molar-refractivity contribution is 0.00790. The summed E-state index contributed by atoms with van der Waals surface area (Å²) in [5.41, 5.74) is 5.49. The van der Waals surface area contributed by atoms with E-state index in [0.717, 1.165) is 19.3 Å². The van der Waals surface area contributed by atoms with Crippen LogP contribution in [0.3, 0.4) is 0 Å².